The van der Waals surface area contributed by atoms with Crippen LogP contribution < -0.4 is 11.1 Å². The molecule has 5 heteroatoms. The van der Waals surface area contributed by atoms with Gasteiger partial charge >= 0.3 is 0 Å². The van der Waals surface area contributed by atoms with E-state index in [1.807, 2.05) is 0 Å². The smallest absolute Gasteiger partial charge is 0.236 e. The predicted molar refractivity (Wildman–Crippen MR) is 51.8 cm³/mol. The van der Waals surface area contributed by atoms with Crippen molar-refractivity contribution < 1.29 is 9.18 Å². The molecular formula is C8H8BrFN2O. The van der Waals surface area contributed by atoms with Crippen LogP contribution in [0.2, 0.25) is 0 Å². The maximum atomic E-state index is 13.0. The Bertz CT molecular complexity index is 330. The van der Waals surface area contributed by atoms with Crippen molar-refractivity contribution in [3.63, 3.8) is 0 Å². The Kier molecular flexibility index (Phi) is 3.25. The van der Waals surface area contributed by atoms with Gasteiger partial charge < -0.3 is 11.1 Å². The second-order valence-corrected chi connectivity index (χ2v) is 3.36. The molecule has 0 heterocycles. The molecule has 1 amide bonds. The summed E-state index contributed by atoms with van der Waals surface area (Å²) in [5.41, 5.74) is 5.15. The van der Waals surface area contributed by atoms with Crippen molar-refractivity contribution in [3.05, 3.63) is 28.5 Å². The summed E-state index contributed by atoms with van der Waals surface area (Å²) in [6.07, 6.45) is 0. The molecular weight excluding hydrogens is 239 g/mol. The summed E-state index contributed by atoms with van der Waals surface area (Å²) < 4.78 is 13.7. The van der Waals surface area contributed by atoms with E-state index in [4.69, 9.17) is 5.73 Å². The zero-order chi connectivity index (χ0) is 9.84. The first-order chi connectivity index (χ1) is 6.09. The lowest BCUT2D eigenvalue weighted by molar-refractivity contribution is -0.116. The number of carbonyl (C=O) groups is 1. The Balaban J connectivity index is 2.75. The first kappa shape index (κ1) is 9.98. The van der Waals surface area contributed by atoms with Crippen LogP contribution in [0.1, 0.15) is 0 Å². The van der Waals surface area contributed by atoms with E-state index < -0.39 is 11.7 Å². The summed E-state index contributed by atoms with van der Waals surface area (Å²) in [7, 11) is 0. The van der Waals surface area contributed by atoms with E-state index in [2.05, 4.69) is 21.2 Å². The van der Waals surface area contributed by atoms with Gasteiger partial charge in [0.15, 0.2) is 0 Å². The molecule has 0 bridgehead atoms. The molecule has 1 rings (SSSR count). The SMILES string of the molecule is NC(=O)CNc1cc(Br)ccc1F. The van der Waals surface area contributed by atoms with E-state index in [0.29, 0.717) is 0 Å². The second-order valence-electron chi connectivity index (χ2n) is 2.44. The van der Waals surface area contributed by atoms with Crippen molar-refractivity contribution >= 4 is 27.5 Å². The molecule has 3 nitrogen and oxygen atoms in total. The molecule has 1 aromatic carbocycles. The van der Waals surface area contributed by atoms with Crippen LogP contribution in [-0.4, -0.2) is 12.5 Å². The number of amides is 1. The van der Waals surface area contributed by atoms with Crippen molar-refractivity contribution in [1.29, 1.82) is 0 Å². The minimum absolute atomic E-state index is 0.0760. The van der Waals surface area contributed by atoms with Gasteiger partial charge in [-0.15, -0.1) is 0 Å². The number of anilines is 1. The monoisotopic (exact) mass is 246 g/mol. The van der Waals surface area contributed by atoms with Gasteiger partial charge in [0, 0.05) is 4.47 Å². The number of hydrogen-bond acceptors (Lipinski definition) is 2. The van der Waals surface area contributed by atoms with Crippen LogP contribution in [0.5, 0.6) is 0 Å². The lowest BCUT2D eigenvalue weighted by Crippen LogP contribution is -2.22. The number of primary amides is 1. The Morgan fingerprint density at radius 2 is 2.31 bits per heavy atom. The van der Waals surface area contributed by atoms with E-state index in [-0.39, 0.29) is 12.2 Å². The van der Waals surface area contributed by atoms with Gasteiger partial charge in [-0.2, -0.15) is 0 Å². The summed E-state index contributed by atoms with van der Waals surface area (Å²) in [4.78, 5) is 10.4. The quantitative estimate of drug-likeness (QED) is 0.850. The lowest BCUT2D eigenvalue weighted by Gasteiger charge is -2.05. The Morgan fingerprint density at radius 1 is 1.62 bits per heavy atom. The van der Waals surface area contributed by atoms with Gasteiger partial charge in [-0.3, -0.25) is 4.79 Å². The van der Waals surface area contributed by atoms with Gasteiger partial charge in [0.2, 0.25) is 5.91 Å². The molecule has 0 fully saturated rings. The second kappa shape index (κ2) is 4.23. The fraction of sp³-hybridized carbons (Fsp3) is 0.125. The van der Waals surface area contributed by atoms with Crippen LogP contribution in [-0.2, 0) is 4.79 Å². The fourth-order valence-corrected chi connectivity index (χ4v) is 1.18. The van der Waals surface area contributed by atoms with Crippen LogP contribution in [0.4, 0.5) is 10.1 Å². The molecule has 0 saturated heterocycles. The molecule has 3 N–H and O–H groups in total. The van der Waals surface area contributed by atoms with Crippen molar-refractivity contribution in [3.8, 4) is 0 Å². The molecule has 0 spiro atoms. The maximum absolute atomic E-state index is 13.0. The molecule has 0 aromatic heterocycles. The summed E-state index contributed by atoms with van der Waals surface area (Å²) in [5.74, 6) is -0.941. The summed E-state index contributed by atoms with van der Waals surface area (Å²) in [5, 5.41) is 2.57. The molecule has 70 valence electrons. The van der Waals surface area contributed by atoms with Gasteiger partial charge in [-0.1, -0.05) is 15.9 Å². The highest BCUT2D eigenvalue weighted by atomic mass is 79.9. The third kappa shape index (κ3) is 3.02. The van der Waals surface area contributed by atoms with E-state index >= 15 is 0 Å². The molecule has 0 aliphatic heterocycles. The summed E-state index contributed by atoms with van der Waals surface area (Å²) in [6.45, 7) is -0.0760. The number of halogens is 2. The van der Waals surface area contributed by atoms with Crippen LogP contribution in [0.25, 0.3) is 0 Å². The van der Waals surface area contributed by atoms with Gasteiger partial charge in [-0.05, 0) is 18.2 Å². The Labute approximate surface area is 83.2 Å². The fourth-order valence-electron chi connectivity index (χ4n) is 0.815. The van der Waals surface area contributed by atoms with E-state index in [0.717, 1.165) is 4.47 Å². The third-order valence-corrected chi connectivity index (χ3v) is 1.87. The highest BCUT2D eigenvalue weighted by molar-refractivity contribution is 9.10. The largest absolute Gasteiger partial charge is 0.374 e. The van der Waals surface area contributed by atoms with Gasteiger partial charge in [0.05, 0.1) is 12.2 Å². The van der Waals surface area contributed by atoms with Crippen LogP contribution in [0.3, 0.4) is 0 Å². The standard InChI is InChI=1S/C8H8BrFN2O/c9-5-1-2-6(10)7(3-5)12-4-8(11)13/h1-3,12H,4H2,(H2,11,13). The van der Waals surface area contributed by atoms with Gasteiger partial charge in [-0.25, -0.2) is 4.39 Å². The first-order valence-corrected chi connectivity index (χ1v) is 4.36. The topological polar surface area (TPSA) is 55.1 Å². The number of benzene rings is 1. The lowest BCUT2D eigenvalue weighted by atomic mass is 10.3. The van der Waals surface area contributed by atoms with Gasteiger partial charge in [0.1, 0.15) is 5.82 Å². The molecule has 0 aliphatic rings. The van der Waals surface area contributed by atoms with E-state index in [1.165, 1.54) is 12.1 Å². The Morgan fingerprint density at radius 3 is 2.92 bits per heavy atom. The third-order valence-electron chi connectivity index (χ3n) is 1.38. The van der Waals surface area contributed by atoms with Crippen molar-refractivity contribution in [2.75, 3.05) is 11.9 Å². The average molecular weight is 247 g/mol. The summed E-state index contributed by atoms with van der Waals surface area (Å²) in [6, 6.07) is 4.41. The van der Waals surface area contributed by atoms with Crippen LogP contribution in [0.15, 0.2) is 22.7 Å². The summed E-state index contributed by atoms with van der Waals surface area (Å²) >= 11 is 3.18. The number of carbonyl (C=O) groups excluding carboxylic acids is 1. The maximum Gasteiger partial charge on any atom is 0.236 e. The Hall–Kier alpha value is -1.10. The van der Waals surface area contributed by atoms with Crippen molar-refractivity contribution in [2.45, 2.75) is 0 Å². The van der Waals surface area contributed by atoms with Gasteiger partial charge in [0.25, 0.3) is 0 Å². The number of rotatable bonds is 3. The zero-order valence-corrected chi connectivity index (χ0v) is 8.27. The minimum atomic E-state index is -0.528. The molecule has 13 heavy (non-hydrogen) atoms. The molecule has 0 aliphatic carbocycles. The molecule has 0 saturated carbocycles. The highest BCUT2D eigenvalue weighted by Gasteiger charge is 2.02. The number of hydrogen-bond donors (Lipinski definition) is 2. The predicted octanol–water partition coefficient (Wildman–Crippen LogP) is 1.49. The number of nitrogens with two attached hydrogens (primary N) is 1. The minimum Gasteiger partial charge on any atom is -0.374 e. The molecule has 0 unspecified atom stereocenters. The number of nitrogens with one attached hydrogen (secondary N) is 1. The van der Waals surface area contributed by atoms with Crippen LogP contribution >= 0.6 is 15.9 Å². The van der Waals surface area contributed by atoms with Crippen LogP contribution in [0, 0.1) is 5.82 Å². The van der Waals surface area contributed by atoms with E-state index in [1.54, 1.807) is 6.07 Å². The first-order valence-electron chi connectivity index (χ1n) is 3.57. The molecule has 1 aromatic rings. The normalized spacial score (nSPS) is 9.69. The highest BCUT2D eigenvalue weighted by Crippen LogP contribution is 2.19. The average Bonchev–Trinajstić information content (AvgIpc) is 2.06. The van der Waals surface area contributed by atoms with E-state index in [9.17, 15) is 9.18 Å². The van der Waals surface area contributed by atoms with Crippen molar-refractivity contribution in [1.82, 2.24) is 0 Å². The van der Waals surface area contributed by atoms with Crippen molar-refractivity contribution in [2.24, 2.45) is 5.73 Å². The molecule has 0 atom stereocenters. The molecule has 0 radical (unpaired) electrons. The zero-order valence-electron chi connectivity index (χ0n) is 6.68.